The summed E-state index contributed by atoms with van der Waals surface area (Å²) in [5.41, 5.74) is 19.6. The van der Waals surface area contributed by atoms with Gasteiger partial charge in [-0.3, -0.25) is 29.3 Å². The summed E-state index contributed by atoms with van der Waals surface area (Å²) < 4.78 is 48.6. The molecule has 141 heavy (non-hydrogen) atoms. The first kappa shape index (κ1) is 105. The summed E-state index contributed by atoms with van der Waals surface area (Å²) in [5.74, 6) is 1.47. The molecule has 10 atom stereocenters. The number of nitrogens with one attached hydrogen (secondary N) is 6. The minimum absolute atomic E-state index is 0. The van der Waals surface area contributed by atoms with Gasteiger partial charge < -0.3 is 93.7 Å². The third-order valence-electron chi connectivity index (χ3n) is 27.4. The lowest BCUT2D eigenvalue weighted by Gasteiger charge is -2.31. The summed E-state index contributed by atoms with van der Waals surface area (Å²) >= 11 is 0. The fourth-order valence-electron chi connectivity index (χ4n) is 20.5. The number of H-pyrrole nitrogens is 2. The number of methoxy groups -OCH3 is 6. The smallest absolute Gasteiger partial charge is 0.410 e. The van der Waals surface area contributed by atoms with Crippen molar-refractivity contribution in [3.63, 3.8) is 0 Å². The van der Waals surface area contributed by atoms with Crippen molar-refractivity contribution < 1.29 is 93.7 Å². The molecule has 0 radical (unpaired) electrons. The molecule has 10 aromatic rings. The van der Waals surface area contributed by atoms with Crippen molar-refractivity contribution in [1.82, 2.24) is 60.8 Å². The first-order chi connectivity index (χ1) is 66.1. The molecule has 0 saturated carbocycles. The summed E-state index contributed by atoms with van der Waals surface area (Å²) in [7, 11) is 8.46. The monoisotopic (exact) mass is 1940 g/mol. The molecule has 8 aliphatic heterocycles. The van der Waals surface area contributed by atoms with Gasteiger partial charge in [0.05, 0.1) is 99.3 Å². The van der Waals surface area contributed by atoms with Crippen LogP contribution in [0.2, 0.25) is 0 Å². The average molecular weight is 1940 g/mol. The number of rotatable bonds is 22. The van der Waals surface area contributed by atoms with Crippen LogP contribution < -0.4 is 30.7 Å². The number of carbonyl (C=O) groups is 9. The molecule has 0 unspecified atom stereocenters. The standard InChI is InChI=1S/C50H57N7O8.C48H54N6O7.C7H13NO4.3CH4.2H2/c1-26(2)44(54-49(60)63-6)47(58)56-16-8-9-41(56)46-52-38-15-11-30(20-39(38)53-46)29-10-13-33-32(18-29)25-65-43-22-34-31(19-36(33)43)12-14-37-35(34)21-40(51-37)42-17-28(24-62-5)23-57(42)48(59)45(27(3)4)55-50(61)64-7;1-26(2)43(52-46(56)59-7)45(55)53-16-8-9-40(53)44-50-37-15-11-29(20-38(37)51-44)28-10-13-32-31(18-28)25-60-42-22-33-30(19-35(32)42)12-14-36-34(33)21-39(49-36)41-17-27(24-58-6)23-54(41)47(57)61-48(3,4)5;1-4(2)5(6(9)10)8-7(11)12-3;;;;;/h10-15,18-20,22,26-28,41-42,44-45H,8-9,16-17,21,23-25H2,1-7H3,(H,52,53)(H,54,60)(H,55,61);10-15,18-20,22,26-27,40-41,43H,8-9,16-17,21,23-25H2,1-7H3,(H,50,51)(H,52,56);4-5H,1-3H3,(H,8,11)(H,9,10);3*1H4;2*1H/t28-,41-,42-,44-,45-;27-,40-,41-,43-;5-;;;;;/m000...../s1. The number of aromatic amines is 2. The zero-order chi connectivity index (χ0) is 98.1. The molecule has 756 valence electrons. The minimum Gasteiger partial charge on any atom is -0.488 e. The van der Waals surface area contributed by atoms with Gasteiger partial charge in [-0.05, 0) is 233 Å². The van der Waals surface area contributed by atoms with Gasteiger partial charge in [-0.2, -0.15) is 0 Å². The fourth-order valence-corrected chi connectivity index (χ4v) is 20.5. The highest BCUT2D eigenvalue weighted by Gasteiger charge is 2.47. The van der Waals surface area contributed by atoms with Crippen molar-refractivity contribution in [1.29, 1.82) is 0 Å². The van der Waals surface area contributed by atoms with Crippen LogP contribution >= 0.6 is 0 Å². The Morgan fingerprint density at radius 1 is 0.454 bits per heavy atom. The molecule has 18 rings (SSSR count). The van der Waals surface area contributed by atoms with Crippen molar-refractivity contribution >= 4 is 121 Å². The number of carboxylic acids is 1. The van der Waals surface area contributed by atoms with Crippen molar-refractivity contribution in [3.05, 3.63) is 155 Å². The lowest BCUT2D eigenvalue weighted by molar-refractivity contribution is -0.140. The molecule has 7 N–H and O–H groups in total. The van der Waals surface area contributed by atoms with E-state index >= 15 is 0 Å². The first-order valence-electron chi connectivity index (χ1n) is 47.5. The Labute approximate surface area is 826 Å². The van der Waals surface area contributed by atoms with Gasteiger partial charge in [-0.1, -0.05) is 126 Å². The molecule has 2 aromatic heterocycles. The second kappa shape index (κ2) is 44.0. The van der Waals surface area contributed by atoms with E-state index in [1.165, 1.54) is 28.4 Å². The highest BCUT2D eigenvalue weighted by molar-refractivity contribution is 6.09. The van der Waals surface area contributed by atoms with Crippen LogP contribution in [-0.4, -0.2) is 234 Å². The Kier molecular flexibility index (Phi) is 32.7. The number of hydrogen-bond acceptors (Lipinski definition) is 22. The van der Waals surface area contributed by atoms with Crippen LogP contribution in [0.25, 0.3) is 88.1 Å². The Morgan fingerprint density at radius 2 is 0.823 bits per heavy atom. The van der Waals surface area contributed by atoms with E-state index in [9.17, 15) is 43.2 Å². The Hall–Kier alpha value is -13.7. The Balaban J connectivity index is 0.000000237. The van der Waals surface area contributed by atoms with Crippen LogP contribution in [0.1, 0.15) is 186 Å². The Bertz CT molecular complexity index is 6460. The lowest BCUT2D eigenvalue weighted by Crippen LogP contribution is -2.53. The van der Waals surface area contributed by atoms with Gasteiger partial charge in [0, 0.05) is 90.5 Å². The van der Waals surface area contributed by atoms with E-state index in [1.807, 2.05) is 94.0 Å². The van der Waals surface area contributed by atoms with Gasteiger partial charge in [-0.25, -0.2) is 38.7 Å². The number of hydrogen-bond donors (Lipinski definition) is 7. The molecule has 4 fully saturated rings. The Morgan fingerprint density at radius 3 is 1.20 bits per heavy atom. The van der Waals surface area contributed by atoms with Gasteiger partial charge in [0.2, 0.25) is 17.7 Å². The molecule has 0 bridgehead atoms. The zero-order valence-corrected chi connectivity index (χ0v) is 81.3. The molecule has 10 heterocycles. The molecular weight excluding hydrogens is 1800 g/mol. The highest BCUT2D eigenvalue weighted by Crippen LogP contribution is 2.49. The number of likely N-dealkylation sites (tertiary alicyclic amines) is 4. The minimum atomic E-state index is -1.06. The number of fused-ring (bicyclic) bond motifs is 14. The molecule has 33 heteroatoms. The van der Waals surface area contributed by atoms with Crippen LogP contribution in [-0.2, 0) is 78.4 Å². The van der Waals surface area contributed by atoms with Crippen LogP contribution in [0.15, 0.2) is 131 Å². The first-order valence-corrected chi connectivity index (χ1v) is 47.5. The van der Waals surface area contributed by atoms with Gasteiger partial charge in [-0.15, -0.1) is 0 Å². The average Bonchev–Trinajstić information content (AvgIpc) is 1.69. The van der Waals surface area contributed by atoms with E-state index in [0.29, 0.717) is 65.4 Å². The third-order valence-corrected chi connectivity index (χ3v) is 27.4. The predicted octanol–water partition coefficient (Wildman–Crippen LogP) is 19.6. The number of aliphatic imine (C=N–C) groups is 2. The summed E-state index contributed by atoms with van der Waals surface area (Å²) in [4.78, 5) is 147. The summed E-state index contributed by atoms with van der Waals surface area (Å²) in [6.07, 6.45) is 3.09. The van der Waals surface area contributed by atoms with E-state index in [2.05, 4.69) is 145 Å². The maximum Gasteiger partial charge on any atom is 0.410 e. The number of aromatic nitrogens is 4. The van der Waals surface area contributed by atoms with Crippen LogP contribution in [0, 0.1) is 35.5 Å². The summed E-state index contributed by atoms with van der Waals surface area (Å²) in [6.45, 7) is 24.8. The normalized spacial score (nSPS) is 18.8. The van der Waals surface area contributed by atoms with E-state index in [-0.39, 0.29) is 109 Å². The summed E-state index contributed by atoms with van der Waals surface area (Å²) in [6, 6.07) is 38.8. The fraction of sp³-hybridized carbons (Fsp3) is 0.472. The van der Waals surface area contributed by atoms with E-state index < -0.39 is 60.1 Å². The second-order valence-electron chi connectivity index (χ2n) is 39.3. The molecule has 8 aliphatic rings. The highest BCUT2D eigenvalue weighted by atomic mass is 16.6. The number of aliphatic carboxylic acids is 1. The van der Waals surface area contributed by atoms with Crippen LogP contribution in [0.3, 0.4) is 0 Å². The van der Waals surface area contributed by atoms with Gasteiger partial charge in [0.25, 0.3) is 0 Å². The molecule has 4 saturated heterocycles. The van der Waals surface area contributed by atoms with Crippen LogP contribution in [0.5, 0.6) is 11.5 Å². The summed E-state index contributed by atoms with van der Waals surface area (Å²) in [5, 5.41) is 23.4. The van der Waals surface area contributed by atoms with Gasteiger partial charge in [0.1, 0.15) is 66.1 Å². The van der Waals surface area contributed by atoms with Crippen molar-refractivity contribution in [2.24, 2.45) is 45.5 Å². The molecule has 33 nitrogen and oxygen atoms in total. The predicted molar refractivity (Wildman–Crippen MR) is 548 cm³/mol. The number of ether oxygens (including phenoxy) is 9. The molecule has 8 aromatic carbocycles. The molecular formula is C108H140N14O19. The number of amides is 8. The molecule has 8 amide bonds. The van der Waals surface area contributed by atoms with Gasteiger partial charge >= 0.3 is 36.4 Å². The lowest BCUT2D eigenvalue weighted by atomic mass is 9.90. The largest absolute Gasteiger partial charge is 0.488 e. The quantitative estimate of drug-likeness (QED) is 0.0310. The number of nitrogens with zero attached hydrogens (tertiary/aromatic N) is 8. The molecule has 0 spiro atoms. The maximum atomic E-state index is 14.1. The van der Waals surface area contributed by atoms with Crippen molar-refractivity contribution in [3.8, 4) is 56.0 Å². The van der Waals surface area contributed by atoms with E-state index in [1.54, 1.807) is 28.1 Å². The zero-order valence-electron chi connectivity index (χ0n) is 81.3. The van der Waals surface area contributed by atoms with E-state index in [0.717, 1.165) is 195 Å². The number of carboxylic acid groups (broad SMARTS) is 1. The topological polar surface area (TPSA) is 400 Å². The number of alkyl carbamates (subject to hydrolysis) is 4. The number of benzene rings is 8. The molecule has 0 aliphatic carbocycles. The maximum absolute atomic E-state index is 14.1. The van der Waals surface area contributed by atoms with Crippen molar-refractivity contribution in [2.75, 3.05) is 82.1 Å². The van der Waals surface area contributed by atoms with Gasteiger partial charge in [0.15, 0.2) is 0 Å². The number of carbonyl (C=O) groups excluding carboxylic acids is 8. The van der Waals surface area contributed by atoms with E-state index in [4.69, 9.17) is 63.0 Å². The number of imidazole rings is 2. The van der Waals surface area contributed by atoms with Crippen molar-refractivity contribution in [2.45, 2.75) is 217 Å². The second-order valence-corrected chi connectivity index (χ2v) is 39.3. The van der Waals surface area contributed by atoms with Crippen LogP contribution in [0.4, 0.5) is 35.3 Å². The third kappa shape index (κ3) is 22.1. The SMILES string of the molecule is C.C.C.COC(=O)N[C@H](C(=O)O)C(C)C.COC[C@H]1C[C@@H](C2=Nc3ccc4cc5c(cc4c3C2)OCc2cc(-c3ccc4nc([C@@H]6CCCN6C(=O)[C@@H](NC(=O)OC)C(C)C)[nH]c4c3)ccc2-5)N(C(=O)OC(C)(C)C)C1.COC[C@H]1C[C@@H](C2=Nc3ccc4cc5c(cc4c3C2)OCc2cc(-c3ccc4nc([C@@H]6CCCN6C(=O)[C@@H](NC(=O)OC)C(C)C)[nH]c4c3)ccc2-5)N(C(=O)[C@@H](NC(=O)OC)C(C)C)C1.[HH].[HH].